The fraction of sp³-hybridized carbons (Fsp3) is 0.531. The van der Waals surface area contributed by atoms with Crippen LogP contribution in [0, 0.1) is 19.8 Å². The molecule has 15 heteroatoms. The van der Waals surface area contributed by atoms with Crippen LogP contribution >= 0.6 is 11.3 Å². The van der Waals surface area contributed by atoms with Crippen LogP contribution < -0.4 is 15.4 Å². The smallest absolute Gasteiger partial charge is 0.323 e. The number of thiophene rings is 1. The van der Waals surface area contributed by atoms with E-state index in [-0.39, 0.29) is 41.5 Å². The first kappa shape index (κ1) is 36.3. The molecule has 3 amide bonds. The molecule has 1 aliphatic heterocycles. The monoisotopic (exact) mass is 691 g/mol. The summed E-state index contributed by atoms with van der Waals surface area (Å²) in [5, 5.41) is 21.3. The molecule has 0 aliphatic carbocycles. The van der Waals surface area contributed by atoms with Crippen molar-refractivity contribution in [3.05, 3.63) is 52.7 Å². The summed E-state index contributed by atoms with van der Waals surface area (Å²) < 4.78 is 45.7. The zero-order valence-corrected chi connectivity index (χ0v) is 29.3. The number of nitrogens with one attached hydrogen (secondary N) is 2. The van der Waals surface area contributed by atoms with Crippen molar-refractivity contribution in [2.24, 2.45) is 5.92 Å². The minimum Gasteiger partial charge on any atom is -0.490 e. The lowest BCUT2D eigenvalue weighted by molar-refractivity contribution is -0.00832. The van der Waals surface area contributed by atoms with Crippen molar-refractivity contribution >= 4 is 44.7 Å². The molecule has 13 nitrogen and oxygen atoms in total. The number of fused-ring (bicyclic) bond motifs is 1. The number of rotatable bonds is 8. The van der Waals surface area contributed by atoms with Gasteiger partial charge >= 0.3 is 6.03 Å². The third-order valence-electron chi connectivity index (χ3n) is 8.18. The van der Waals surface area contributed by atoms with Crippen molar-refractivity contribution in [1.29, 1.82) is 0 Å². The highest BCUT2D eigenvalue weighted by Crippen LogP contribution is 2.29. The summed E-state index contributed by atoms with van der Waals surface area (Å²) in [6.45, 7) is 9.33. The van der Waals surface area contributed by atoms with Gasteiger partial charge in [0.05, 0.1) is 30.4 Å². The summed E-state index contributed by atoms with van der Waals surface area (Å²) in [4.78, 5) is 28.8. The second-order valence-corrected chi connectivity index (χ2v) is 15.2. The van der Waals surface area contributed by atoms with Crippen LogP contribution in [0.4, 0.5) is 16.2 Å². The molecule has 0 fully saturated rings. The first-order valence-corrected chi connectivity index (χ1v) is 18.0. The van der Waals surface area contributed by atoms with Crippen molar-refractivity contribution < 1.29 is 37.1 Å². The number of aromatic nitrogens is 1. The molecule has 4 atom stereocenters. The van der Waals surface area contributed by atoms with Crippen molar-refractivity contribution in [1.82, 2.24) is 14.4 Å². The summed E-state index contributed by atoms with van der Waals surface area (Å²) >= 11 is 1.15. The molecule has 0 saturated carbocycles. The summed E-state index contributed by atoms with van der Waals surface area (Å²) in [7, 11) is -2.19. The average Bonchev–Trinajstić information content (AvgIpc) is 3.69. The van der Waals surface area contributed by atoms with Crippen LogP contribution in [-0.2, 0) is 14.8 Å². The molecule has 0 spiro atoms. The molecular formula is C32H45N5O8S2. The second-order valence-electron chi connectivity index (χ2n) is 12.0. The van der Waals surface area contributed by atoms with Gasteiger partial charge in [0, 0.05) is 38.3 Å². The zero-order chi connectivity index (χ0) is 34.3. The number of amides is 3. The van der Waals surface area contributed by atoms with Crippen LogP contribution in [-0.4, -0.2) is 91.4 Å². The topological polar surface area (TPSA) is 164 Å². The maximum absolute atomic E-state index is 14.3. The number of anilines is 2. The number of ether oxygens (including phenoxy) is 2. The molecule has 4 rings (SSSR count). The lowest BCUT2D eigenvalue weighted by Crippen LogP contribution is -2.48. The number of aliphatic hydroxyl groups is 1. The number of aliphatic hydroxyl groups excluding tert-OH is 1. The van der Waals surface area contributed by atoms with Gasteiger partial charge in [-0.25, -0.2) is 13.2 Å². The molecular weight excluding hydrogens is 647 g/mol. The molecule has 2 aromatic heterocycles. The molecule has 3 N–H and O–H groups in total. The summed E-state index contributed by atoms with van der Waals surface area (Å²) in [6, 6.07) is 7.00. The van der Waals surface area contributed by atoms with E-state index in [0.717, 1.165) is 24.2 Å². The van der Waals surface area contributed by atoms with Gasteiger partial charge in [-0.2, -0.15) is 4.31 Å². The van der Waals surface area contributed by atoms with Crippen LogP contribution in [0.15, 0.2) is 44.4 Å². The summed E-state index contributed by atoms with van der Waals surface area (Å²) in [6.07, 6.45) is 1.47. The minimum absolute atomic E-state index is 0.0847. The van der Waals surface area contributed by atoms with Crippen molar-refractivity contribution in [3.63, 3.8) is 0 Å². The SMILES string of the molecule is Cc1noc(C)c1NC(=O)Nc1ccc2c(c1)C(=O)N([C@H](C)CO)C[C@@H](C)[C@H](CN(C)S(=O)(=O)c1cccs1)OCCCC[C@@H](C)O2. The second kappa shape index (κ2) is 16.1. The highest BCUT2D eigenvalue weighted by atomic mass is 32.2. The van der Waals surface area contributed by atoms with Crippen molar-refractivity contribution in [3.8, 4) is 5.75 Å². The van der Waals surface area contributed by atoms with Crippen molar-refractivity contribution in [2.45, 2.75) is 76.3 Å². The van der Waals surface area contributed by atoms with E-state index in [1.807, 2.05) is 13.8 Å². The molecule has 3 heterocycles. The van der Waals surface area contributed by atoms with Gasteiger partial charge in [0.1, 0.15) is 21.3 Å². The molecule has 1 aromatic carbocycles. The van der Waals surface area contributed by atoms with Gasteiger partial charge in [-0.05, 0) is 76.6 Å². The number of sulfonamides is 1. The molecule has 0 saturated heterocycles. The Morgan fingerprint density at radius 3 is 2.64 bits per heavy atom. The number of hydrogen-bond acceptors (Lipinski definition) is 10. The normalized spacial score (nSPS) is 20.6. The molecule has 3 aromatic rings. The molecule has 0 radical (unpaired) electrons. The molecule has 0 bridgehead atoms. The van der Waals surface area contributed by atoms with Gasteiger partial charge < -0.3 is 34.6 Å². The average molecular weight is 692 g/mol. The Morgan fingerprint density at radius 2 is 1.98 bits per heavy atom. The Bertz CT molecular complexity index is 1590. The van der Waals surface area contributed by atoms with Gasteiger partial charge in [0.2, 0.25) is 0 Å². The number of likely N-dealkylation sites (N-methyl/N-ethyl adjacent to an activating group) is 1. The third-order valence-corrected chi connectivity index (χ3v) is 11.4. The Labute approximate surface area is 280 Å². The van der Waals surface area contributed by atoms with Crippen molar-refractivity contribution in [2.75, 3.05) is 44.0 Å². The number of hydrogen-bond donors (Lipinski definition) is 3. The maximum Gasteiger partial charge on any atom is 0.323 e. The fourth-order valence-electron chi connectivity index (χ4n) is 5.32. The van der Waals surface area contributed by atoms with Gasteiger partial charge in [-0.3, -0.25) is 4.79 Å². The highest BCUT2D eigenvalue weighted by molar-refractivity contribution is 7.91. The van der Waals surface area contributed by atoms with Crippen LogP contribution in [0.25, 0.3) is 0 Å². The van der Waals surface area contributed by atoms with E-state index in [1.54, 1.807) is 61.4 Å². The first-order valence-electron chi connectivity index (χ1n) is 15.7. The predicted octanol–water partition coefficient (Wildman–Crippen LogP) is 5.11. The molecule has 1 aliphatic rings. The first-order chi connectivity index (χ1) is 22.3. The van der Waals surface area contributed by atoms with E-state index >= 15 is 0 Å². The standard InChI is InChI=1S/C32H45N5O8S2/c1-20-17-37(21(2)19-38)31(39)26-16-25(33-32(40)34-30-23(4)35-45-24(30)5)12-13-27(26)44-22(3)10-7-8-14-43-28(20)18-36(6)47(41,42)29-11-9-15-46-29/h9,11-13,15-16,20-22,28,38H,7-8,10,14,17-19H2,1-6H3,(H2,33,34,40)/t20-,21-,22-,28+/m1/s1. The Hall–Kier alpha value is -3.50. The highest BCUT2D eigenvalue weighted by Gasteiger charge is 2.32. The third kappa shape index (κ3) is 9.11. The number of carbonyl (C=O) groups excluding carboxylic acids is 2. The Morgan fingerprint density at radius 1 is 1.21 bits per heavy atom. The molecule has 47 heavy (non-hydrogen) atoms. The number of benzene rings is 1. The maximum atomic E-state index is 14.3. The zero-order valence-electron chi connectivity index (χ0n) is 27.7. The fourth-order valence-corrected chi connectivity index (χ4v) is 7.70. The number of urea groups is 1. The Balaban J connectivity index is 1.63. The van der Waals surface area contributed by atoms with E-state index < -0.39 is 34.1 Å². The largest absolute Gasteiger partial charge is 0.490 e. The van der Waals surface area contributed by atoms with Gasteiger partial charge in [0.25, 0.3) is 15.9 Å². The van der Waals surface area contributed by atoms with Crippen LogP contribution in [0.2, 0.25) is 0 Å². The van der Waals surface area contributed by atoms with Gasteiger partial charge in [-0.15, -0.1) is 11.3 Å². The van der Waals surface area contributed by atoms with E-state index in [9.17, 15) is 23.1 Å². The van der Waals surface area contributed by atoms with Gasteiger partial charge in [-0.1, -0.05) is 18.1 Å². The predicted molar refractivity (Wildman–Crippen MR) is 180 cm³/mol. The lowest BCUT2D eigenvalue weighted by atomic mass is 10.0. The number of nitrogens with zero attached hydrogens (tertiary/aromatic N) is 3. The van der Waals surface area contributed by atoms with E-state index in [4.69, 9.17) is 14.0 Å². The van der Waals surface area contributed by atoms with Gasteiger partial charge in [0.15, 0.2) is 5.76 Å². The quantitative estimate of drug-likeness (QED) is 0.291. The Kier molecular flexibility index (Phi) is 12.4. The molecule has 0 unspecified atom stereocenters. The number of aryl methyl sites for hydroxylation is 2. The van der Waals surface area contributed by atoms with E-state index in [2.05, 4.69) is 15.8 Å². The molecule has 258 valence electrons. The van der Waals surface area contributed by atoms with Crippen LogP contribution in [0.5, 0.6) is 5.75 Å². The van der Waals surface area contributed by atoms with Crippen LogP contribution in [0.1, 0.15) is 61.8 Å². The van der Waals surface area contributed by atoms with E-state index in [1.165, 1.54) is 11.4 Å². The lowest BCUT2D eigenvalue weighted by Gasteiger charge is -2.35. The van der Waals surface area contributed by atoms with E-state index in [0.29, 0.717) is 41.6 Å². The minimum atomic E-state index is -3.72. The summed E-state index contributed by atoms with van der Waals surface area (Å²) in [5.41, 5.74) is 1.55. The summed E-state index contributed by atoms with van der Waals surface area (Å²) in [5.74, 6) is 0.0847. The van der Waals surface area contributed by atoms with Crippen LogP contribution in [0.3, 0.4) is 0 Å². The number of carbonyl (C=O) groups is 2.